The molecule has 0 aliphatic rings. The zero-order chi connectivity index (χ0) is 13.0. The summed E-state index contributed by atoms with van der Waals surface area (Å²) in [6.07, 6.45) is -0.290. The number of hydrogen-bond acceptors (Lipinski definition) is 6. The third kappa shape index (κ3) is 3.76. The van der Waals surface area contributed by atoms with E-state index in [0.717, 1.165) is 0 Å². The first kappa shape index (κ1) is 14.1. The maximum atomic E-state index is 11.2. The number of rotatable bonds is 5. The minimum Gasteiger partial charge on any atom is -0.464 e. The van der Waals surface area contributed by atoms with Gasteiger partial charge in [-0.15, -0.1) is 11.3 Å². The van der Waals surface area contributed by atoms with E-state index >= 15 is 0 Å². The molecule has 0 fully saturated rings. The number of methoxy groups -OCH3 is 1. The summed E-state index contributed by atoms with van der Waals surface area (Å²) in [7, 11) is 1.30. The standard InChI is InChI=1S/C11H18N2O3S/c1-6(2)7(12)4-9(14)10-13-8(5-17-10)11(15)16-3/h5-7,9,14H,4,12H2,1-3H3/t7?,9-/m1/s1. The van der Waals surface area contributed by atoms with Crippen molar-refractivity contribution in [3.63, 3.8) is 0 Å². The van der Waals surface area contributed by atoms with E-state index in [1.807, 2.05) is 13.8 Å². The first-order chi connectivity index (χ1) is 7.95. The smallest absolute Gasteiger partial charge is 0.357 e. The van der Waals surface area contributed by atoms with E-state index in [4.69, 9.17) is 5.73 Å². The Balaban J connectivity index is 2.66. The predicted octanol–water partition coefficient (Wildman–Crippen LogP) is 1.34. The van der Waals surface area contributed by atoms with Gasteiger partial charge < -0.3 is 15.6 Å². The highest BCUT2D eigenvalue weighted by atomic mass is 32.1. The lowest BCUT2D eigenvalue weighted by molar-refractivity contribution is 0.0594. The highest BCUT2D eigenvalue weighted by Crippen LogP contribution is 2.23. The highest BCUT2D eigenvalue weighted by Gasteiger charge is 2.20. The Morgan fingerprint density at radius 1 is 1.65 bits per heavy atom. The third-order valence-electron chi connectivity index (χ3n) is 2.55. The van der Waals surface area contributed by atoms with E-state index < -0.39 is 12.1 Å². The number of hydrogen-bond donors (Lipinski definition) is 2. The molecule has 1 rings (SSSR count). The van der Waals surface area contributed by atoms with Crippen LogP contribution in [0.4, 0.5) is 0 Å². The minimum absolute atomic E-state index is 0.0875. The van der Waals surface area contributed by atoms with Crippen molar-refractivity contribution in [3.05, 3.63) is 16.1 Å². The Labute approximate surface area is 105 Å². The molecular formula is C11H18N2O3S. The van der Waals surface area contributed by atoms with Crippen molar-refractivity contribution in [3.8, 4) is 0 Å². The van der Waals surface area contributed by atoms with Crippen molar-refractivity contribution in [2.24, 2.45) is 11.7 Å². The summed E-state index contributed by atoms with van der Waals surface area (Å²) in [5, 5.41) is 12.0. The van der Waals surface area contributed by atoms with Gasteiger partial charge in [0.15, 0.2) is 5.69 Å². The molecule has 0 amide bonds. The molecule has 0 aliphatic carbocycles. The largest absolute Gasteiger partial charge is 0.464 e. The second-order valence-electron chi connectivity index (χ2n) is 4.22. The fourth-order valence-corrected chi connectivity index (χ4v) is 2.06. The fraction of sp³-hybridized carbons (Fsp3) is 0.636. The third-order valence-corrected chi connectivity index (χ3v) is 3.50. The monoisotopic (exact) mass is 258 g/mol. The molecule has 17 heavy (non-hydrogen) atoms. The molecule has 0 radical (unpaired) electrons. The van der Waals surface area contributed by atoms with Gasteiger partial charge in [-0.1, -0.05) is 13.8 Å². The molecule has 96 valence electrons. The summed E-state index contributed by atoms with van der Waals surface area (Å²) in [6, 6.07) is -0.0875. The number of carbonyl (C=O) groups excluding carboxylic acids is 1. The Morgan fingerprint density at radius 2 is 2.29 bits per heavy atom. The number of ether oxygens (including phenoxy) is 1. The lowest BCUT2D eigenvalue weighted by Crippen LogP contribution is -2.28. The first-order valence-electron chi connectivity index (χ1n) is 5.43. The van der Waals surface area contributed by atoms with Crippen LogP contribution in [0, 0.1) is 5.92 Å². The molecule has 0 saturated carbocycles. The van der Waals surface area contributed by atoms with Gasteiger partial charge in [0.2, 0.25) is 0 Å². The Kier molecular flexibility index (Phi) is 5.04. The molecule has 0 bridgehead atoms. The topological polar surface area (TPSA) is 85.4 Å². The minimum atomic E-state index is -0.726. The molecule has 1 aromatic heterocycles. The molecule has 2 atom stereocenters. The molecule has 6 heteroatoms. The van der Waals surface area contributed by atoms with Crippen LogP contribution in [0.5, 0.6) is 0 Å². The molecule has 1 unspecified atom stereocenters. The first-order valence-corrected chi connectivity index (χ1v) is 6.31. The van der Waals surface area contributed by atoms with Crippen molar-refractivity contribution < 1.29 is 14.6 Å². The number of aliphatic hydroxyl groups is 1. The van der Waals surface area contributed by atoms with Crippen LogP contribution in [0.1, 0.15) is 41.9 Å². The van der Waals surface area contributed by atoms with Gasteiger partial charge in [0.25, 0.3) is 0 Å². The molecule has 0 aliphatic heterocycles. The lowest BCUT2D eigenvalue weighted by atomic mass is 9.99. The van der Waals surface area contributed by atoms with Crippen LogP contribution in [0.2, 0.25) is 0 Å². The van der Waals surface area contributed by atoms with Gasteiger partial charge in [0.1, 0.15) is 11.1 Å². The molecule has 0 spiro atoms. The van der Waals surface area contributed by atoms with Gasteiger partial charge >= 0.3 is 5.97 Å². The van der Waals surface area contributed by atoms with E-state index in [1.165, 1.54) is 18.4 Å². The molecule has 0 saturated heterocycles. The van der Waals surface area contributed by atoms with Gasteiger partial charge in [0.05, 0.1) is 7.11 Å². The van der Waals surface area contributed by atoms with Crippen molar-refractivity contribution in [2.45, 2.75) is 32.4 Å². The van der Waals surface area contributed by atoms with Crippen molar-refractivity contribution in [1.82, 2.24) is 4.98 Å². The van der Waals surface area contributed by atoms with Crippen LogP contribution >= 0.6 is 11.3 Å². The quantitative estimate of drug-likeness (QED) is 0.778. The maximum Gasteiger partial charge on any atom is 0.357 e. The number of nitrogens with zero attached hydrogens (tertiary/aromatic N) is 1. The van der Waals surface area contributed by atoms with Crippen LogP contribution in [0.3, 0.4) is 0 Å². The number of thiazole rings is 1. The zero-order valence-electron chi connectivity index (χ0n) is 10.2. The van der Waals surface area contributed by atoms with Crippen LogP contribution in [-0.2, 0) is 4.74 Å². The maximum absolute atomic E-state index is 11.2. The number of nitrogens with two attached hydrogens (primary N) is 1. The van der Waals surface area contributed by atoms with Crippen molar-refractivity contribution >= 4 is 17.3 Å². The number of aliphatic hydroxyl groups excluding tert-OH is 1. The summed E-state index contributed by atoms with van der Waals surface area (Å²) in [6.45, 7) is 4.00. The summed E-state index contributed by atoms with van der Waals surface area (Å²) < 4.78 is 4.55. The molecule has 1 heterocycles. The van der Waals surface area contributed by atoms with E-state index in [1.54, 1.807) is 5.38 Å². The molecule has 5 nitrogen and oxygen atoms in total. The fourth-order valence-electron chi connectivity index (χ4n) is 1.27. The molecule has 3 N–H and O–H groups in total. The Morgan fingerprint density at radius 3 is 2.82 bits per heavy atom. The van der Waals surface area contributed by atoms with Crippen LogP contribution < -0.4 is 5.73 Å². The van der Waals surface area contributed by atoms with Crippen molar-refractivity contribution in [1.29, 1.82) is 0 Å². The summed E-state index contributed by atoms with van der Waals surface area (Å²) in [5.41, 5.74) is 6.10. The Hall–Kier alpha value is -0.980. The number of aromatic nitrogens is 1. The van der Waals surface area contributed by atoms with Crippen molar-refractivity contribution in [2.75, 3.05) is 7.11 Å². The molecule has 1 aromatic rings. The highest BCUT2D eigenvalue weighted by molar-refractivity contribution is 7.09. The average molecular weight is 258 g/mol. The van der Waals surface area contributed by atoms with Gasteiger partial charge in [-0.3, -0.25) is 0 Å². The number of esters is 1. The second-order valence-corrected chi connectivity index (χ2v) is 5.11. The van der Waals surface area contributed by atoms with E-state index in [0.29, 0.717) is 17.3 Å². The van der Waals surface area contributed by atoms with E-state index in [2.05, 4.69) is 9.72 Å². The van der Waals surface area contributed by atoms with Crippen LogP contribution in [0.25, 0.3) is 0 Å². The molecular weight excluding hydrogens is 240 g/mol. The van der Waals surface area contributed by atoms with Gasteiger partial charge in [-0.25, -0.2) is 9.78 Å². The average Bonchev–Trinajstić information content (AvgIpc) is 2.77. The summed E-state index contributed by atoms with van der Waals surface area (Å²) in [5.74, 6) is -0.197. The van der Waals surface area contributed by atoms with Gasteiger partial charge in [0, 0.05) is 11.4 Å². The normalized spacial score (nSPS) is 14.7. The summed E-state index contributed by atoms with van der Waals surface area (Å²) >= 11 is 1.24. The summed E-state index contributed by atoms with van der Waals surface area (Å²) in [4.78, 5) is 15.2. The SMILES string of the molecule is COC(=O)c1csc([C@H](O)CC(N)C(C)C)n1. The zero-order valence-corrected chi connectivity index (χ0v) is 11.0. The van der Waals surface area contributed by atoms with Crippen LogP contribution in [0.15, 0.2) is 5.38 Å². The van der Waals surface area contributed by atoms with E-state index in [-0.39, 0.29) is 11.7 Å². The van der Waals surface area contributed by atoms with E-state index in [9.17, 15) is 9.90 Å². The van der Waals surface area contributed by atoms with Gasteiger partial charge in [-0.2, -0.15) is 0 Å². The second kappa shape index (κ2) is 6.09. The Bertz CT molecular complexity index is 379. The lowest BCUT2D eigenvalue weighted by Gasteiger charge is -2.17. The van der Waals surface area contributed by atoms with Gasteiger partial charge in [-0.05, 0) is 12.3 Å². The predicted molar refractivity (Wildman–Crippen MR) is 65.8 cm³/mol. The number of carbonyl (C=O) groups is 1. The molecule has 0 aromatic carbocycles. The van der Waals surface area contributed by atoms with Crippen LogP contribution in [-0.4, -0.2) is 29.2 Å².